The Balaban J connectivity index is 1.85. The summed E-state index contributed by atoms with van der Waals surface area (Å²) in [5, 5.41) is 12.5. The standard InChI is InChI=1S/C18H20N2O3/c1-11(6-9-17(21)22)19-18(23)14-10-16(12-7-8-12)20-15-5-3-2-4-13(14)15/h2-5,10-12H,6-9H2,1H3,(H,19,23)(H,21,22). The van der Waals surface area contributed by atoms with E-state index in [0.29, 0.717) is 17.9 Å². The normalized spacial score (nSPS) is 15.3. The molecule has 1 saturated carbocycles. The Kier molecular flexibility index (Phi) is 4.28. The Morgan fingerprint density at radius 3 is 2.78 bits per heavy atom. The van der Waals surface area contributed by atoms with Crippen molar-refractivity contribution in [2.75, 3.05) is 0 Å². The number of rotatable bonds is 6. The summed E-state index contributed by atoms with van der Waals surface area (Å²) in [6, 6.07) is 9.34. The number of fused-ring (bicyclic) bond motifs is 1. The van der Waals surface area contributed by atoms with Gasteiger partial charge in [-0.05, 0) is 38.3 Å². The Labute approximate surface area is 134 Å². The van der Waals surface area contributed by atoms with Crippen molar-refractivity contribution in [2.45, 2.75) is 44.6 Å². The van der Waals surface area contributed by atoms with Crippen molar-refractivity contribution in [1.82, 2.24) is 10.3 Å². The molecule has 2 N–H and O–H groups in total. The van der Waals surface area contributed by atoms with Crippen LogP contribution in [0.5, 0.6) is 0 Å². The van der Waals surface area contributed by atoms with E-state index in [1.54, 1.807) is 0 Å². The number of para-hydroxylation sites is 1. The van der Waals surface area contributed by atoms with Crippen LogP contribution in [0.15, 0.2) is 30.3 Å². The molecule has 0 aliphatic heterocycles. The van der Waals surface area contributed by atoms with Crippen molar-refractivity contribution in [3.63, 3.8) is 0 Å². The summed E-state index contributed by atoms with van der Waals surface area (Å²) in [4.78, 5) is 27.9. The molecule has 120 valence electrons. The highest BCUT2D eigenvalue weighted by Gasteiger charge is 2.27. The number of carbonyl (C=O) groups excluding carboxylic acids is 1. The fourth-order valence-corrected chi connectivity index (χ4v) is 2.69. The molecule has 2 aromatic rings. The number of nitrogens with one attached hydrogen (secondary N) is 1. The Hall–Kier alpha value is -2.43. The highest BCUT2D eigenvalue weighted by molar-refractivity contribution is 6.06. The maximum Gasteiger partial charge on any atom is 0.303 e. The molecule has 1 fully saturated rings. The molecule has 0 bridgehead atoms. The van der Waals surface area contributed by atoms with Gasteiger partial charge in [-0.25, -0.2) is 0 Å². The summed E-state index contributed by atoms with van der Waals surface area (Å²) in [5.74, 6) is -0.546. The van der Waals surface area contributed by atoms with E-state index in [2.05, 4.69) is 10.3 Å². The van der Waals surface area contributed by atoms with E-state index in [1.807, 2.05) is 37.3 Å². The van der Waals surface area contributed by atoms with Gasteiger partial charge in [-0.3, -0.25) is 14.6 Å². The third-order valence-corrected chi connectivity index (χ3v) is 4.14. The Morgan fingerprint density at radius 2 is 2.09 bits per heavy atom. The monoisotopic (exact) mass is 312 g/mol. The molecule has 1 atom stereocenters. The number of hydrogen-bond donors (Lipinski definition) is 2. The third-order valence-electron chi connectivity index (χ3n) is 4.14. The smallest absolute Gasteiger partial charge is 0.303 e. The van der Waals surface area contributed by atoms with E-state index < -0.39 is 5.97 Å². The molecule has 0 radical (unpaired) electrons. The van der Waals surface area contributed by atoms with E-state index in [0.717, 1.165) is 29.4 Å². The first-order valence-electron chi connectivity index (χ1n) is 7.97. The Morgan fingerprint density at radius 1 is 1.35 bits per heavy atom. The van der Waals surface area contributed by atoms with Gasteiger partial charge in [0.05, 0.1) is 11.1 Å². The summed E-state index contributed by atoms with van der Waals surface area (Å²) in [6.07, 6.45) is 2.72. The number of aliphatic carboxylic acids is 1. The van der Waals surface area contributed by atoms with Crippen molar-refractivity contribution >= 4 is 22.8 Å². The van der Waals surface area contributed by atoms with Crippen LogP contribution < -0.4 is 5.32 Å². The van der Waals surface area contributed by atoms with Crippen molar-refractivity contribution in [2.24, 2.45) is 0 Å². The molecular weight excluding hydrogens is 292 g/mol. The minimum atomic E-state index is -0.850. The number of nitrogens with zero attached hydrogens (tertiary/aromatic N) is 1. The second-order valence-electron chi connectivity index (χ2n) is 6.19. The van der Waals surface area contributed by atoms with Gasteiger partial charge in [-0.1, -0.05) is 18.2 Å². The molecule has 1 unspecified atom stereocenters. The molecule has 1 aliphatic carbocycles. The number of carbonyl (C=O) groups is 2. The molecule has 5 nitrogen and oxygen atoms in total. The van der Waals surface area contributed by atoms with Gasteiger partial charge in [-0.15, -0.1) is 0 Å². The largest absolute Gasteiger partial charge is 0.481 e. The predicted octanol–water partition coefficient (Wildman–Crippen LogP) is 3.10. The molecule has 0 saturated heterocycles. The minimum absolute atomic E-state index is 0.0475. The van der Waals surface area contributed by atoms with Gasteiger partial charge in [0.2, 0.25) is 0 Å². The third kappa shape index (κ3) is 3.67. The number of carboxylic acids is 1. The van der Waals surface area contributed by atoms with Gasteiger partial charge >= 0.3 is 5.97 Å². The van der Waals surface area contributed by atoms with E-state index in [4.69, 9.17) is 5.11 Å². The molecule has 23 heavy (non-hydrogen) atoms. The van der Waals surface area contributed by atoms with Crippen LogP contribution in [0.3, 0.4) is 0 Å². The quantitative estimate of drug-likeness (QED) is 0.859. The lowest BCUT2D eigenvalue weighted by Gasteiger charge is -2.15. The van der Waals surface area contributed by atoms with Gasteiger partial charge in [0.15, 0.2) is 0 Å². The fourth-order valence-electron chi connectivity index (χ4n) is 2.69. The van der Waals surface area contributed by atoms with E-state index in [-0.39, 0.29) is 18.4 Å². The van der Waals surface area contributed by atoms with Crippen LogP contribution in [-0.2, 0) is 4.79 Å². The SMILES string of the molecule is CC(CCC(=O)O)NC(=O)c1cc(C2CC2)nc2ccccc12. The lowest BCUT2D eigenvalue weighted by atomic mass is 10.0. The number of pyridine rings is 1. The van der Waals surface area contributed by atoms with Gasteiger partial charge in [0.25, 0.3) is 5.91 Å². The summed E-state index contributed by atoms with van der Waals surface area (Å²) < 4.78 is 0. The molecule has 1 aromatic carbocycles. The summed E-state index contributed by atoms with van der Waals surface area (Å²) in [6.45, 7) is 1.83. The van der Waals surface area contributed by atoms with Crippen molar-refractivity contribution in [3.8, 4) is 0 Å². The zero-order valence-electron chi connectivity index (χ0n) is 13.1. The summed E-state index contributed by atoms with van der Waals surface area (Å²) >= 11 is 0. The van der Waals surface area contributed by atoms with Crippen molar-refractivity contribution in [3.05, 3.63) is 41.6 Å². The van der Waals surface area contributed by atoms with Gasteiger partial charge in [-0.2, -0.15) is 0 Å². The van der Waals surface area contributed by atoms with Gasteiger partial charge < -0.3 is 10.4 Å². The molecule has 1 heterocycles. The van der Waals surface area contributed by atoms with Crippen LogP contribution in [-0.4, -0.2) is 28.0 Å². The number of hydrogen-bond acceptors (Lipinski definition) is 3. The first kappa shape index (κ1) is 15.5. The fraction of sp³-hybridized carbons (Fsp3) is 0.389. The molecule has 3 rings (SSSR count). The number of aromatic nitrogens is 1. The number of benzene rings is 1. The molecule has 0 spiro atoms. The average molecular weight is 312 g/mol. The predicted molar refractivity (Wildman–Crippen MR) is 87.5 cm³/mol. The molecule has 1 aromatic heterocycles. The van der Waals surface area contributed by atoms with E-state index >= 15 is 0 Å². The lowest BCUT2D eigenvalue weighted by Crippen LogP contribution is -2.33. The van der Waals surface area contributed by atoms with Gasteiger partial charge in [0.1, 0.15) is 0 Å². The van der Waals surface area contributed by atoms with Crippen LogP contribution in [0.2, 0.25) is 0 Å². The summed E-state index contributed by atoms with van der Waals surface area (Å²) in [5.41, 5.74) is 2.44. The highest BCUT2D eigenvalue weighted by atomic mass is 16.4. The first-order valence-corrected chi connectivity index (χ1v) is 7.97. The van der Waals surface area contributed by atoms with Crippen LogP contribution in [0.25, 0.3) is 10.9 Å². The lowest BCUT2D eigenvalue weighted by molar-refractivity contribution is -0.137. The molecule has 1 amide bonds. The van der Waals surface area contributed by atoms with Crippen LogP contribution >= 0.6 is 0 Å². The Bertz CT molecular complexity index is 753. The van der Waals surface area contributed by atoms with Crippen LogP contribution in [0.4, 0.5) is 0 Å². The van der Waals surface area contributed by atoms with Gasteiger partial charge in [0, 0.05) is 29.5 Å². The zero-order chi connectivity index (χ0) is 16.4. The maximum absolute atomic E-state index is 12.6. The van der Waals surface area contributed by atoms with E-state index in [1.165, 1.54) is 0 Å². The molecule has 5 heteroatoms. The number of carboxylic acid groups (broad SMARTS) is 1. The second-order valence-corrected chi connectivity index (χ2v) is 6.19. The zero-order valence-corrected chi connectivity index (χ0v) is 13.1. The van der Waals surface area contributed by atoms with Crippen LogP contribution in [0.1, 0.15) is 54.6 Å². The number of amides is 1. The minimum Gasteiger partial charge on any atom is -0.481 e. The highest BCUT2D eigenvalue weighted by Crippen LogP contribution is 2.40. The molecular formula is C18H20N2O3. The van der Waals surface area contributed by atoms with Crippen LogP contribution in [0, 0.1) is 0 Å². The molecule has 1 aliphatic rings. The van der Waals surface area contributed by atoms with E-state index in [9.17, 15) is 9.59 Å². The maximum atomic E-state index is 12.6. The van der Waals surface area contributed by atoms with Crippen molar-refractivity contribution < 1.29 is 14.7 Å². The van der Waals surface area contributed by atoms with Crippen molar-refractivity contribution in [1.29, 1.82) is 0 Å². The first-order chi connectivity index (χ1) is 11.0. The topological polar surface area (TPSA) is 79.3 Å². The summed E-state index contributed by atoms with van der Waals surface area (Å²) in [7, 11) is 0. The average Bonchev–Trinajstić information content (AvgIpc) is 3.36. The second kappa shape index (κ2) is 6.36.